The van der Waals surface area contributed by atoms with E-state index in [1.165, 1.54) is 16.4 Å². The molecule has 1 aromatic heterocycles. The zero-order valence-corrected chi connectivity index (χ0v) is 21.8. The third kappa shape index (κ3) is 5.73. The van der Waals surface area contributed by atoms with E-state index in [1.54, 1.807) is 18.2 Å². The molecule has 0 atom stereocenters. The third-order valence-electron chi connectivity index (χ3n) is 6.31. The van der Waals surface area contributed by atoms with Crippen LogP contribution in [0.3, 0.4) is 0 Å². The molecule has 0 spiro atoms. The second kappa shape index (κ2) is 9.85. The number of hydrogen-bond donors (Lipinski definition) is 3. The summed E-state index contributed by atoms with van der Waals surface area (Å²) in [6, 6.07) is 9.39. The van der Waals surface area contributed by atoms with E-state index in [9.17, 15) is 27.2 Å². The smallest absolute Gasteiger partial charge is 0.325 e. The minimum Gasteiger partial charge on any atom is -0.455 e. The van der Waals surface area contributed by atoms with Crippen molar-refractivity contribution in [3.05, 3.63) is 53.3 Å². The first-order valence-electron chi connectivity index (χ1n) is 11.8. The van der Waals surface area contributed by atoms with Gasteiger partial charge in [0.1, 0.15) is 17.2 Å². The zero-order chi connectivity index (χ0) is 26.4. The lowest BCUT2D eigenvalue weighted by atomic mass is 10.00. The number of anilines is 1. The molecule has 2 heterocycles. The topological polar surface area (TPSA) is 142 Å². The second-order valence-corrected chi connectivity index (χ2v) is 12.9. The summed E-state index contributed by atoms with van der Waals surface area (Å²) in [4.78, 5) is 28.5. The number of halogens is 1. The van der Waals surface area contributed by atoms with E-state index >= 15 is 0 Å². The fourth-order valence-corrected chi connectivity index (χ4v) is 6.03. The van der Waals surface area contributed by atoms with Crippen LogP contribution in [0.25, 0.3) is 22.3 Å². The Kier molecular flexibility index (Phi) is 6.88. The summed E-state index contributed by atoms with van der Waals surface area (Å²) in [6.45, 7) is 0.753. The highest BCUT2D eigenvalue weighted by Crippen LogP contribution is 2.48. The van der Waals surface area contributed by atoms with Gasteiger partial charge >= 0.3 is 7.60 Å². The molecule has 10 nitrogen and oxygen atoms in total. The number of nitrogens with one attached hydrogen (secondary N) is 1. The van der Waals surface area contributed by atoms with Gasteiger partial charge in [-0.05, 0) is 61.1 Å². The first-order chi connectivity index (χ1) is 17.5. The van der Waals surface area contributed by atoms with Gasteiger partial charge in [-0.3, -0.25) is 18.7 Å². The maximum Gasteiger partial charge on any atom is 0.325 e. The minimum atomic E-state index is -4.28. The second-order valence-electron chi connectivity index (χ2n) is 9.25. The van der Waals surface area contributed by atoms with Crippen molar-refractivity contribution >= 4 is 40.1 Å². The molecule has 2 aliphatic rings. The number of hydroxylamine groups is 1. The molecule has 3 N–H and O–H groups in total. The van der Waals surface area contributed by atoms with Crippen LogP contribution >= 0.6 is 7.60 Å². The number of rotatable bonds is 9. The summed E-state index contributed by atoms with van der Waals surface area (Å²) in [6.07, 6.45) is 2.41. The van der Waals surface area contributed by atoms with Gasteiger partial charge in [0.2, 0.25) is 10.0 Å². The van der Waals surface area contributed by atoms with E-state index in [-0.39, 0.29) is 18.9 Å². The normalized spacial score (nSPS) is 16.5. The molecule has 1 fully saturated rings. The molecule has 1 aliphatic carbocycles. The van der Waals surface area contributed by atoms with Gasteiger partial charge in [-0.25, -0.2) is 18.3 Å². The van der Waals surface area contributed by atoms with Gasteiger partial charge in [0.15, 0.2) is 5.84 Å². The van der Waals surface area contributed by atoms with E-state index in [1.807, 2.05) is 6.07 Å². The molecule has 13 heteroatoms. The van der Waals surface area contributed by atoms with Crippen LogP contribution in [0, 0.1) is 5.82 Å². The quantitative estimate of drug-likeness (QED) is 0.342. The predicted molar refractivity (Wildman–Crippen MR) is 138 cm³/mol. The first kappa shape index (κ1) is 25.9. The predicted octanol–water partition coefficient (Wildman–Crippen LogP) is 3.73. The number of amidine groups is 1. The Hall–Kier alpha value is -2.76. The summed E-state index contributed by atoms with van der Waals surface area (Å²) in [5.41, 5.74) is 5.70. The number of furan rings is 1. The van der Waals surface area contributed by atoms with E-state index < -0.39 is 29.6 Å². The minimum absolute atomic E-state index is 0.0121. The molecule has 0 bridgehead atoms. The number of benzene rings is 2. The van der Waals surface area contributed by atoms with E-state index in [0.29, 0.717) is 52.5 Å². The average Bonchev–Trinajstić information content (AvgIpc) is 3.61. The van der Waals surface area contributed by atoms with Gasteiger partial charge in [0.05, 0.1) is 36.8 Å². The van der Waals surface area contributed by atoms with Crippen molar-refractivity contribution in [3.8, 4) is 11.3 Å². The standard InChI is InChI=1S/C24H27FN3O7PS/c1-37(32,33)28(10-2-12-36(29,30)31)20-14-21-19(13-18(20)15-3-4-15)22(24-26-9-11-34-27-24)23(35-21)16-5-7-17(25)8-6-16/h5-8,13-15H,2-4,9-12H2,1H3,(H,26,27)(H2,29,30,31). The monoisotopic (exact) mass is 551 g/mol. The summed E-state index contributed by atoms with van der Waals surface area (Å²) < 4.78 is 58.1. The molecule has 5 rings (SSSR count). The number of sulfonamides is 1. The lowest BCUT2D eigenvalue weighted by Gasteiger charge is -2.25. The molecule has 3 aromatic rings. The van der Waals surface area contributed by atoms with Crippen molar-refractivity contribution in [1.82, 2.24) is 5.48 Å². The van der Waals surface area contributed by atoms with Crippen LogP contribution in [-0.2, 0) is 19.4 Å². The Morgan fingerprint density at radius 3 is 2.54 bits per heavy atom. The SMILES string of the molecule is CS(=O)(=O)N(CCCP(=O)(O)O)c1cc2oc(-c3ccc(F)cc3)c(C3=NCCON3)c2cc1C1CC1. The van der Waals surface area contributed by atoms with Crippen molar-refractivity contribution < 1.29 is 36.4 Å². The highest BCUT2D eigenvalue weighted by atomic mass is 32.2. The molecule has 198 valence electrons. The molecule has 0 saturated heterocycles. The van der Waals surface area contributed by atoms with Crippen molar-refractivity contribution in [2.24, 2.45) is 4.99 Å². The lowest BCUT2D eigenvalue weighted by Crippen LogP contribution is -2.32. The Morgan fingerprint density at radius 1 is 1.22 bits per heavy atom. The Labute approximate surface area is 213 Å². The summed E-state index contributed by atoms with van der Waals surface area (Å²) in [7, 11) is -8.05. The maximum atomic E-state index is 13.6. The van der Waals surface area contributed by atoms with Crippen LogP contribution in [0.2, 0.25) is 0 Å². The zero-order valence-electron chi connectivity index (χ0n) is 20.1. The van der Waals surface area contributed by atoms with Gasteiger partial charge in [-0.15, -0.1) is 0 Å². The number of aliphatic imine (C=N–C) groups is 1. The fourth-order valence-electron chi connectivity index (χ4n) is 4.50. The lowest BCUT2D eigenvalue weighted by molar-refractivity contribution is 0.0827. The molecular weight excluding hydrogens is 524 g/mol. The molecule has 2 aromatic carbocycles. The molecular formula is C24H27FN3O7PS. The fraction of sp³-hybridized carbons (Fsp3) is 0.375. The Bertz CT molecular complexity index is 1510. The van der Waals surface area contributed by atoms with E-state index in [2.05, 4.69) is 10.5 Å². The number of hydrogen-bond acceptors (Lipinski definition) is 7. The maximum absolute atomic E-state index is 13.6. The van der Waals surface area contributed by atoms with Crippen LogP contribution in [0.5, 0.6) is 0 Å². The molecule has 0 amide bonds. The van der Waals surface area contributed by atoms with Gasteiger partial charge in [-0.1, -0.05) is 0 Å². The largest absolute Gasteiger partial charge is 0.455 e. The first-order valence-corrected chi connectivity index (χ1v) is 15.5. The summed E-state index contributed by atoms with van der Waals surface area (Å²) >= 11 is 0. The van der Waals surface area contributed by atoms with Gasteiger partial charge in [0, 0.05) is 23.6 Å². The van der Waals surface area contributed by atoms with E-state index in [0.717, 1.165) is 24.7 Å². The van der Waals surface area contributed by atoms with Gasteiger partial charge < -0.3 is 14.2 Å². The third-order valence-corrected chi connectivity index (χ3v) is 8.39. The number of nitrogens with zero attached hydrogens (tertiary/aromatic N) is 2. The summed E-state index contributed by atoms with van der Waals surface area (Å²) in [5.74, 6) is 0.633. The van der Waals surface area contributed by atoms with Crippen molar-refractivity contribution in [2.75, 3.05) is 36.4 Å². The Balaban J connectivity index is 1.69. The Morgan fingerprint density at radius 2 is 1.95 bits per heavy atom. The van der Waals surface area contributed by atoms with Gasteiger partial charge in [0.25, 0.3) is 0 Å². The molecule has 0 unspecified atom stereocenters. The molecule has 37 heavy (non-hydrogen) atoms. The average molecular weight is 552 g/mol. The van der Waals surface area contributed by atoms with Crippen molar-refractivity contribution in [1.29, 1.82) is 0 Å². The summed E-state index contributed by atoms with van der Waals surface area (Å²) in [5, 5.41) is 0.699. The van der Waals surface area contributed by atoms with Gasteiger partial charge in [-0.2, -0.15) is 0 Å². The number of fused-ring (bicyclic) bond motifs is 1. The van der Waals surface area contributed by atoms with Crippen LogP contribution < -0.4 is 9.79 Å². The van der Waals surface area contributed by atoms with Crippen LogP contribution in [0.15, 0.2) is 45.8 Å². The van der Waals surface area contributed by atoms with Crippen molar-refractivity contribution in [3.63, 3.8) is 0 Å². The van der Waals surface area contributed by atoms with Crippen LogP contribution in [0.1, 0.15) is 36.3 Å². The molecule has 1 aliphatic heterocycles. The van der Waals surface area contributed by atoms with Crippen LogP contribution in [0.4, 0.5) is 10.1 Å². The molecule has 0 radical (unpaired) electrons. The molecule has 1 saturated carbocycles. The van der Waals surface area contributed by atoms with E-state index in [4.69, 9.17) is 9.25 Å². The van der Waals surface area contributed by atoms with Crippen molar-refractivity contribution in [2.45, 2.75) is 25.2 Å². The highest BCUT2D eigenvalue weighted by molar-refractivity contribution is 7.92. The highest BCUT2D eigenvalue weighted by Gasteiger charge is 2.33. The van der Waals surface area contributed by atoms with Crippen LogP contribution in [-0.4, -0.2) is 56.2 Å².